The van der Waals surface area contributed by atoms with E-state index in [1.54, 1.807) is 11.3 Å². The van der Waals surface area contributed by atoms with Gasteiger partial charge in [0.2, 0.25) is 5.78 Å². The van der Waals surface area contributed by atoms with Crippen LogP contribution in [0, 0.1) is 0 Å². The van der Waals surface area contributed by atoms with Gasteiger partial charge in [0.05, 0.1) is 0 Å². The Morgan fingerprint density at radius 1 is 1.22 bits per heavy atom. The molecule has 23 heavy (non-hydrogen) atoms. The van der Waals surface area contributed by atoms with Crippen molar-refractivity contribution in [2.45, 2.75) is 13.0 Å². The Hall–Kier alpha value is -2.47. The van der Waals surface area contributed by atoms with Crippen LogP contribution in [-0.4, -0.2) is 27.0 Å². The van der Waals surface area contributed by atoms with Gasteiger partial charge >= 0.3 is 0 Å². The number of fused-ring (bicyclic) bond motifs is 3. The molecule has 3 aromatic rings. The first-order valence-corrected chi connectivity index (χ1v) is 8.05. The zero-order chi connectivity index (χ0) is 16.0. The molecule has 0 fully saturated rings. The molecule has 0 saturated carbocycles. The summed E-state index contributed by atoms with van der Waals surface area (Å²) in [4.78, 5) is 21.8. The number of anilines is 1. The third-order valence-corrected chi connectivity index (χ3v) is 4.29. The number of imidazole rings is 1. The number of aliphatic imine (C=N–C) groups is 1. The second-order valence-corrected chi connectivity index (χ2v) is 6.31. The topological polar surface area (TPSA) is 58.8 Å². The number of carbonyl (C=O) groups is 1. The maximum absolute atomic E-state index is 12.7. The molecule has 1 N–H and O–H groups in total. The fourth-order valence-corrected chi connectivity index (χ4v) is 3.09. The molecule has 5 nitrogen and oxygen atoms in total. The van der Waals surface area contributed by atoms with Crippen LogP contribution in [0.15, 0.2) is 58.1 Å². The smallest absolute Gasteiger partial charge is 0.207 e. The maximum atomic E-state index is 12.7. The van der Waals surface area contributed by atoms with Gasteiger partial charge in [-0.2, -0.15) is 0 Å². The lowest BCUT2D eigenvalue weighted by Gasteiger charge is -2.08. The molecule has 0 aliphatic carbocycles. The van der Waals surface area contributed by atoms with Crippen molar-refractivity contribution in [1.29, 1.82) is 0 Å². The van der Waals surface area contributed by atoms with Crippen LogP contribution in [0.25, 0.3) is 5.65 Å². The van der Waals surface area contributed by atoms with Crippen molar-refractivity contribution in [3.63, 3.8) is 0 Å². The molecule has 0 spiro atoms. The Kier molecular flexibility index (Phi) is 3.27. The SMILES string of the molecule is C[C@@H]1N=C(c2cccc(Br)c2)Nc2nc3ccccn3c2C1=O. The van der Waals surface area contributed by atoms with Crippen LogP contribution >= 0.6 is 15.9 Å². The van der Waals surface area contributed by atoms with Crippen LogP contribution in [-0.2, 0) is 0 Å². The average Bonchev–Trinajstić information content (AvgIpc) is 2.85. The third kappa shape index (κ3) is 2.35. The number of hydrogen-bond acceptors (Lipinski definition) is 4. The summed E-state index contributed by atoms with van der Waals surface area (Å²) >= 11 is 3.47. The van der Waals surface area contributed by atoms with Crippen LogP contribution in [0.4, 0.5) is 5.82 Å². The summed E-state index contributed by atoms with van der Waals surface area (Å²) in [5.74, 6) is 1.15. The minimum atomic E-state index is -0.474. The minimum absolute atomic E-state index is 0.0452. The highest BCUT2D eigenvalue weighted by Crippen LogP contribution is 2.24. The molecule has 2 aromatic heterocycles. The number of amidine groups is 1. The number of benzene rings is 1. The second kappa shape index (κ2) is 5.31. The number of aromatic nitrogens is 2. The summed E-state index contributed by atoms with van der Waals surface area (Å²) in [5.41, 5.74) is 2.19. The molecule has 3 heterocycles. The lowest BCUT2D eigenvalue weighted by molar-refractivity contribution is 0.0965. The quantitative estimate of drug-likeness (QED) is 0.714. The highest BCUT2D eigenvalue weighted by molar-refractivity contribution is 9.10. The Bertz CT molecular complexity index is 960. The van der Waals surface area contributed by atoms with Gasteiger partial charge < -0.3 is 5.32 Å². The number of pyridine rings is 1. The highest BCUT2D eigenvalue weighted by atomic mass is 79.9. The van der Waals surface area contributed by atoms with Crippen LogP contribution in [0.5, 0.6) is 0 Å². The molecule has 6 heteroatoms. The highest BCUT2D eigenvalue weighted by Gasteiger charge is 2.28. The predicted molar refractivity (Wildman–Crippen MR) is 93.3 cm³/mol. The van der Waals surface area contributed by atoms with Gasteiger partial charge in [-0.25, -0.2) is 4.98 Å². The molecule has 114 valence electrons. The van der Waals surface area contributed by atoms with Crippen molar-refractivity contribution < 1.29 is 4.79 Å². The fraction of sp³-hybridized carbons (Fsp3) is 0.118. The molecule has 0 unspecified atom stereocenters. The number of Topliss-reactive ketones (excluding diaryl/α,β-unsaturated/α-hetero) is 1. The van der Waals surface area contributed by atoms with E-state index in [2.05, 4.69) is 31.2 Å². The first-order valence-electron chi connectivity index (χ1n) is 7.25. The van der Waals surface area contributed by atoms with E-state index >= 15 is 0 Å². The number of ketones is 1. The first kappa shape index (κ1) is 14.1. The van der Waals surface area contributed by atoms with Gasteiger partial charge in [0.15, 0.2) is 5.82 Å². The molecule has 0 bridgehead atoms. The molecule has 1 aliphatic rings. The van der Waals surface area contributed by atoms with E-state index in [0.29, 0.717) is 17.3 Å². The summed E-state index contributed by atoms with van der Waals surface area (Å²) in [7, 11) is 0. The van der Waals surface area contributed by atoms with E-state index in [4.69, 9.17) is 0 Å². The maximum Gasteiger partial charge on any atom is 0.207 e. The third-order valence-electron chi connectivity index (χ3n) is 3.80. The average molecular weight is 369 g/mol. The van der Waals surface area contributed by atoms with E-state index in [0.717, 1.165) is 15.7 Å². The molecule has 0 amide bonds. The summed E-state index contributed by atoms with van der Waals surface area (Å²) in [6, 6.07) is 13.0. The Morgan fingerprint density at radius 2 is 2.09 bits per heavy atom. The van der Waals surface area contributed by atoms with Crippen molar-refractivity contribution in [1.82, 2.24) is 9.38 Å². The van der Waals surface area contributed by atoms with Crippen LogP contribution in [0.3, 0.4) is 0 Å². The zero-order valence-electron chi connectivity index (χ0n) is 12.3. The monoisotopic (exact) mass is 368 g/mol. The van der Waals surface area contributed by atoms with Crippen molar-refractivity contribution in [3.05, 3.63) is 64.4 Å². The number of carbonyl (C=O) groups excluding carboxylic acids is 1. The lowest BCUT2D eigenvalue weighted by atomic mass is 10.1. The largest absolute Gasteiger partial charge is 0.323 e. The summed E-state index contributed by atoms with van der Waals surface area (Å²) in [6.07, 6.45) is 1.84. The minimum Gasteiger partial charge on any atom is -0.323 e. The number of rotatable bonds is 1. The summed E-state index contributed by atoms with van der Waals surface area (Å²) in [5, 5.41) is 3.23. The van der Waals surface area contributed by atoms with Gasteiger partial charge in [0.25, 0.3) is 0 Å². The Labute approximate surface area is 141 Å². The van der Waals surface area contributed by atoms with Crippen molar-refractivity contribution in [2.24, 2.45) is 4.99 Å². The van der Waals surface area contributed by atoms with Crippen LogP contribution < -0.4 is 5.32 Å². The van der Waals surface area contributed by atoms with Crippen LogP contribution in [0.1, 0.15) is 23.0 Å². The van der Waals surface area contributed by atoms with E-state index in [1.807, 2.05) is 48.7 Å². The lowest BCUT2D eigenvalue weighted by Crippen LogP contribution is -2.17. The van der Waals surface area contributed by atoms with E-state index in [-0.39, 0.29) is 5.78 Å². The fourth-order valence-electron chi connectivity index (χ4n) is 2.70. The molecule has 4 rings (SSSR count). The predicted octanol–water partition coefficient (Wildman–Crippen LogP) is 3.54. The molecular formula is C17H13BrN4O. The van der Waals surface area contributed by atoms with Crippen molar-refractivity contribution in [3.8, 4) is 0 Å². The van der Waals surface area contributed by atoms with E-state index in [1.165, 1.54) is 0 Å². The molecule has 1 aliphatic heterocycles. The number of hydrogen-bond donors (Lipinski definition) is 1. The second-order valence-electron chi connectivity index (χ2n) is 5.39. The normalized spacial score (nSPS) is 17.4. The molecule has 0 saturated heterocycles. The number of nitrogens with zero attached hydrogens (tertiary/aromatic N) is 3. The molecule has 1 aromatic carbocycles. The van der Waals surface area contributed by atoms with Gasteiger partial charge in [-0.1, -0.05) is 34.1 Å². The van der Waals surface area contributed by atoms with E-state index < -0.39 is 6.04 Å². The Balaban J connectivity index is 1.90. The summed E-state index contributed by atoms with van der Waals surface area (Å²) in [6.45, 7) is 1.80. The standard InChI is InChI=1S/C17H13BrN4O/c1-10-15(23)14-17(20-13-7-2-3-8-22(13)14)21-16(19-10)11-5-4-6-12(18)9-11/h2-10H,1H3,(H,19,21)/t10-/m0/s1. The zero-order valence-corrected chi connectivity index (χ0v) is 13.9. The summed E-state index contributed by atoms with van der Waals surface area (Å²) < 4.78 is 2.76. The van der Waals surface area contributed by atoms with Crippen LogP contribution in [0.2, 0.25) is 0 Å². The molecular weight excluding hydrogens is 356 g/mol. The number of halogens is 1. The van der Waals surface area contributed by atoms with Gasteiger partial charge in [-0.15, -0.1) is 0 Å². The molecule has 0 radical (unpaired) electrons. The first-order chi connectivity index (χ1) is 11.1. The van der Waals surface area contributed by atoms with Gasteiger partial charge in [0.1, 0.15) is 23.2 Å². The van der Waals surface area contributed by atoms with Gasteiger partial charge in [0, 0.05) is 16.2 Å². The van der Waals surface area contributed by atoms with Gasteiger partial charge in [-0.3, -0.25) is 14.2 Å². The van der Waals surface area contributed by atoms with E-state index in [9.17, 15) is 4.79 Å². The number of nitrogens with one attached hydrogen (secondary N) is 1. The van der Waals surface area contributed by atoms with Crippen molar-refractivity contribution >= 4 is 39.0 Å². The van der Waals surface area contributed by atoms with Gasteiger partial charge in [-0.05, 0) is 31.2 Å². The Morgan fingerprint density at radius 3 is 2.91 bits per heavy atom. The molecule has 1 atom stereocenters. The van der Waals surface area contributed by atoms with Crippen molar-refractivity contribution in [2.75, 3.05) is 5.32 Å².